The van der Waals surface area contributed by atoms with Crippen molar-refractivity contribution in [3.8, 4) is 0 Å². The molecule has 0 saturated carbocycles. The standard InChI is InChI=1S/C20H24F4N4O3SSi/c1-33(2,3)11-10-31-13-28-18-9-8-16(12-17(18)25-27-28)32(29,30)26-19(20(22,23)24)14-4-6-15(21)7-5-14/h4-9,12,19,26H,10-11,13H2,1-3H3/t19-/m1/s1. The minimum absolute atomic E-state index is 0.117. The molecule has 0 amide bonds. The van der Waals surface area contributed by atoms with Gasteiger partial charge in [0.1, 0.15) is 24.1 Å². The molecule has 0 spiro atoms. The van der Waals surface area contributed by atoms with E-state index >= 15 is 0 Å². The Hall–Kier alpha value is -2.35. The highest BCUT2D eigenvalue weighted by Gasteiger charge is 2.43. The smallest absolute Gasteiger partial charge is 0.359 e. The molecule has 13 heteroatoms. The number of nitrogens with zero attached hydrogens (tertiary/aromatic N) is 3. The summed E-state index contributed by atoms with van der Waals surface area (Å²) in [6.45, 7) is 7.33. The number of fused-ring (bicyclic) bond motifs is 1. The summed E-state index contributed by atoms with van der Waals surface area (Å²) >= 11 is 0. The van der Waals surface area contributed by atoms with Crippen LogP contribution in [0.4, 0.5) is 17.6 Å². The maximum Gasteiger partial charge on any atom is 0.408 e. The Bertz CT molecular complexity index is 1210. The molecular formula is C20H24F4N4O3SSi. The van der Waals surface area contributed by atoms with Gasteiger partial charge in [-0.05, 0) is 41.9 Å². The van der Waals surface area contributed by atoms with Gasteiger partial charge in [0.2, 0.25) is 10.0 Å². The van der Waals surface area contributed by atoms with Crippen LogP contribution in [0.2, 0.25) is 25.7 Å². The van der Waals surface area contributed by atoms with Gasteiger partial charge in [0.05, 0.1) is 10.4 Å². The largest absolute Gasteiger partial charge is 0.408 e. The molecule has 7 nitrogen and oxygen atoms in total. The van der Waals surface area contributed by atoms with Gasteiger partial charge in [0.15, 0.2) is 0 Å². The van der Waals surface area contributed by atoms with E-state index in [0.717, 1.165) is 36.4 Å². The molecule has 0 aliphatic heterocycles. The Morgan fingerprint density at radius 3 is 2.39 bits per heavy atom. The maximum atomic E-state index is 13.6. The number of alkyl halides is 3. The van der Waals surface area contributed by atoms with Gasteiger partial charge >= 0.3 is 6.18 Å². The molecular weight excluding hydrogens is 480 g/mol. The predicted molar refractivity (Wildman–Crippen MR) is 117 cm³/mol. The number of halogens is 4. The molecule has 0 saturated heterocycles. The minimum atomic E-state index is -4.94. The molecule has 180 valence electrons. The van der Waals surface area contributed by atoms with Crippen LogP contribution in [0, 0.1) is 5.82 Å². The Kier molecular flexibility index (Phi) is 7.26. The van der Waals surface area contributed by atoms with Gasteiger partial charge in [-0.3, -0.25) is 0 Å². The third-order valence-corrected chi connectivity index (χ3v) is 7.93. The highest BCUT2D eigenvalue weighted by Crippen LogP contribution is 2.34. The molecule has 0 unspecified atom stereocenters. The van der Waals surface area contributed by atoms with Crippen LogP contribution in [-0.4, -0.2) is 44.3 Å². The van der Waals surface area contributed by atoms with E-state index < -0.39 is 46.6 Å². The van der Waals surface area contributed by atoms with Crippen molar-refractivity contribution < 1.29 is 30.7 Å². The minimum Gasteiger partial charge on any atom is -0.359 e. The molecule has 3 aromatic rings. The monoisotopic (exact) mass is 504 g/mol. The fraction of sp³-hybridized carbons (Fsp3) is 0.400. The average molecular weight is 505 g/mol. The molecule has 0 fully saturated rings. The van der Waals surface area contributed by atoms with Crippen LogP contribution in [0.15, 0.2) is 47.4 Å². The third-order valence-electron chi connectivity index (χ3n) is 4.81. The zero-order chi connectivity index (χ0) is 24.4. The highest BCUT2D eigenvalue weighted by atomic mass is 32.2. The molecule has 33 heavy (non-hydrogen) atoms. The van der Waals surface area contributed by atoms with Crippen LogP contribution < -0.4 is 4.72 Å². The van der Waals surface area contributed by atoms with Crippen molar-refractivity contribution in [1.29, 1.82) is 0 Å². The van der Waals surface area contributed by atoms with Crippen molar-refractivity contribution in [3.63, 3.8) is 0 Å². The van der Waals surface area contributed by atoms with E-state index in [-0.39, 0.29) is 12.2 Å². The Morgan fingerprint density at radius 2 is 1.79 bits per heavy atom. The lowest BCUT2D eigenvalue weighted by atomic mass is 10.1. The van der Waals surface area contributed by atoms with E-state index in [2.05, 4.69) is 30.0 Å². The molecule has 0 aliphatic carbocycles. The second kappa shape index (κ2) is 9.48. The van der Waals surface area contributed by atoms with Crippen molar-refractivity contribution in [1.82, 2.24) is 19.7 Å². The van der Waals surface area contributed by atoms with Crippen LogP contribution in [0.3, 0.4) is 0 Å². The fourth-order valence-electron chi connectivity index (χ4n) is 2.95. The molecule has 2 aromatic carbocycles. The van der Waals surface area contributed by atoms with Crippen LogP contribution in [0.5, 0.6) is 0 Å². The van der Waals surface area contributed by atoms with E-state index in [9.17, 15) is 26.0 Å². The molecule has 3 rings (SSSR count). The zero-order valence-corrected chi connectivity index (χ0v) is 20.0. The summed E-state index contributed by atoms with van der Waals surface area (Å²) in [5, 5.41) is 7.83. The lowest BCUT2D eigenvalue weighted by Crippen LogP contribution is -2.38. The first kappa shape index (κ1) is 25.3. The summed E-state index contributed by atoms with van der Waals surface area (Å²) in [6, 6.07) is 5.56. The number of rotatable bonds is 9. The molecule has 1 atom stereocenters. The van der Waals surface area contributed by atoms with Crippen molar-refractivity contribution in [2.75, 3.05) is 6.61 Å². The van der Waals surface area contributed by atoms with Crippen LogP contribution >= 0.6 is 0 Å². The summed E-state index contributed by atoms with van der Waals surface area (Å²) in [4.78, 5) is -0.405. The van der Waals surface area contributed by atoms with Gasteiger partial charge < -0.3 is 4.74 Å². The van der Waals surface area contributed by atoms with Crippen LogP contribution in [-0.2, 0) is 21.5 Å². The van der Waals surface area contributed by atoms with Gasteiger partial charge in [-0.25, -0.2) is 17.5 Å². The van der Waals surface area contributed by atoms with E-state index in [0.29, 0.717) is 12.1 Å². The third kappa shape index (κ3) is 6.59. The lowest BCUT2D eigenvalue weighted by molar-refractivity contribution is -0.153. The Labute approximate surface area is 189 Å². The molecule has 0 bridgehead atoms. The lowest BCUT2D eigenvalue weighted by Gasteiger charge is -2.22. The molecule has 1 heterocycles. The Morgan fingerprint density at radius 1 is 1.12 bits per heavy atom. The summed E-state index contributed by atoms with van der Waals surface area (Å²) < 4.78 is 88.0. The summed E-state index contributed by atoms with van der Waals surface area (Å²) in [6.07, 6.45) is -4.94. The summed E-state index contributed by atoms with van der Waals surface area (Å²) in [5.74, 6) is -0.736. The number of sulfonamides is 1. The SMILES string of the molecule is C[Si](C)(C)CCOCn1nnc2cc(S(=O)(=O)N[C@H](c3ccc(F)cc3)C(F)(F)F)ccc21. The molecule has 1 aromatic heterocycles. The van der Waals surface area contributed by atoms with Crippen molar-refractivity contribution in [2.45, 2.75) is 49.5 Å². The van der Waals surface area contributed by atoms with E-state index in [1.807, 2.05) is 0 Å². The van der Waals surface area contributed by atoms with Crippen LogP contribution in [0.25, 0.3) is 11.0 Å². The predicted octanol–water partition coefficient (Wildman–Crippen LogP) is 4.46. The van der Waals surface area contributed by atoms with Gasteiger partial charge in [-0.15, -0.1) is 5.10 Å². The van der Waals surface area contributed by atoms with E-state index in [1.165, 1.54) is 16.8 Å². The number of nitrogens with one attached hydrogen (secondary N) is 1. The van der Waals surface area contributed by atoms with Gasteiger partial charge in [0, 0.05) is 14.7 Å². The number of ether oxygens (including phenoxy) is 1. The summed E-state index contributed by atoms with van der Waals surface area (Å²) in [7, 11) is -5.85. The number of hydrogen-bond acceptors (Lipinski definition) is 5. The fourth-order valence-corrected chi connectivity index (χ4v) is 4.93. The molecule has 1 N–H and O–H groups in total. The normalized spacial score (nSPS) is 14.0. The van der Waals surface area contributed by atoms with Crippen molar-refractivity contribution >= 4 is 29.1 Å². The first-order chi connectivity index (χ1) is 15.3. The Balaban J connectivity index is 1.80. The second-order valence-corrected chi connectivity index (χ2v) is 16.1. The highest BCUT2D eigenvalue weighted by molar-refractivity contribution is 7.89. The quantitative estimate of drug-likeness (QED) is 0.264. The number of benzene rings is 2. The van der Waals surface area contributed by atoms with Crippen molar-refractivity contribution in [3.05, 3.63) is 53.8 Å². The van der Waals surface area contributed by atoms with E-state index in [1.54, 1.807) is 4.72 Å². The topological polar surface area (TPSA) is 86.1 Å². The number of aromatic nitrogens is 3. The summed E-state index contributed by atoms with van der Waals surface area (Å²) in [5.41, 5.74) is 0.236. The molecule has 0 radical (unpaired) electrons. The first-order valence-electron chi connectivity index (χ1n) is 10.0. The van der Waals surface area contributed by atoms with Gasteiger partial charge in [-0.2, -0.15) is 17.9 Å². The van der Waals surface area contributed by atoms with Crippen LogP contribution in [0.1, 0.15) is 11.6 Å². The van der Waals surface area contributed by atoms with Gasteiger partial charge in [-0.1, -0.05) is 37.0 Å². The maximum absolute atomic E-state index is 13.6. The van der Waals surface area contributed by atoms with Gasteiger partial charge in [0.25, 0.3) is 0 Å². The van der Waals surface area contributed by atoms with Crippen molar-refractivity contribution in [2.24, 2.45) is 0 Å². The van der Waals surface area contributed by atoms with E-state index in [4.69, 9.17) is 4.74 Å². The zero-order valence-electron chi connectivity index (χ0n) is 18.2. The average Bonchev–Trinajstić information content (AvgIpc) is 3.11. The first-order valence-corrected chi connectivity index (χ1v) is 15.2. The molecule has 0 aliphatic rings. The number of hydrogen-bond donors (Lipinski definition) is 1. The second-order valence-electron chi connectivity index (χ2n) is 8.73.